The zero-order chi connectivity index (χ0) is 9.35. The lowest BCUT2D eigenvalue weighted by molar-refractivity contribution is 0.533. The van der Waals surface area contributed by atoms with Gasteiger partial charge >= 0.3 is 10.2 Å². The lowest BCUT2D eigenvalue weighted by atomic mass is 10.3. The van der Waals surface area contributed by atoms with E-state index >= 15 is 0 Å². The molecule has 0 unspecified atom stereocenters. The fourth-order valence-electron chi connectivity index (χ4n) is 0.673. The van der Waals surface area contributed by atoms with Crippen molar-refractivity contribution in [3.63, 3.8) is 0 Å². The van der Waals surface area contributed by atoms with E-state index in [1.807, 2.05) is 0 Å². The van der Waals surface area contributed by atoms with E-state index < -0.39 is 20.9 Å². The van der Waals surface area contributed by atoms with E-state index in [9.17, 15) is 16.7 Å². The highest BCUT2D eigenvalue weighted by molar-refractivity contribution is 9.10. The van der Waals surface area contributed by atoms with Crippen molar-refractivity contribution in [1.29, 1.82) is 0 Å². The Morgan fingerprint density at radius 1 is 1.33 bits per heavy atom. The summed E-state index contributed by atoms with van der Waals surface area (Å²) in [5.74, 6) is -1.10. The number of hydrogen-bond acceptors (Lipinski definition) is 2. The number of hydrogen-bond donors (Lipinski definition) is 0. The predicted molar refractivity (Wildman–Crippen MR) is 42.4 cm³/mol. The van der Waals surface area contributed by atoms with Crippen LogP contribution in [0.1, 0.15) is 0 Å². The molecule has 12 heavy (non-hydrogen) atoms. The summed E-state index contributed by atoms with van der Waals surface area (Å²) in [5, 5.41) is 0. The summed E-state index contributed by atoms with van der Waals surface area (Å²) < 4.78 is 45.8. The van der Waals surface area contributed by atoms with Crippen LogP contribution < -0.4 is 0 Å². The molecule has 1 aromatic rings. The second-order valence-electron chi connectivity index (χ2n) is 2.01. The molecule has 2 nitrogen and oxygen atoms in total. The molecular weight excluding hydrogens is 254 g/mol. The van der Waals surface area contributed by atoms with Gasteiger partial charge in [0, 0.05) is 4.47 Å². The van der Waals surface area contributed by atoms with E-state index in [2.05, 4.69) is 15.9 Å². The van der Waals surface area contributed by atoms with Gasteiger partial charge in [0.05, 0.1) is 0 Å². The number of rotatable bonds is 1. The van der Waals surface area contributed by atoms with Crippen molar-refractivity contribution in [2.75, 3.05) is 0 Å². The van der Waals surface area contributed by atoms with Gasteiger partial charge < -0.3 is 0 Å². The maximum Gasteiger partial charge on any atom is 0.335 e. The molecule has 0 atom stereocenters. The minimum absolute atomic E-state index is 0.354. The molecule has 1 aromatic carbocycles. The molecule has 0 aromatic heterocycles. The molecule has 0 aliphatic heterocycles. The van der Waals surface area contributed by atoms with Crippen LogP contribution in [0.5, 0.6) is 0 Å². The van der Waals surface area contributed by atoms with Gasteiger partial charge in [0.15, 0.2) is 0 Å². The zero-order valence-electron chi connectivity index (χ0n) is 5.59. The average molecular weight is 257 g/mol. The van der Waals surface area contributed by atoms with Crippen molar-refractivity contribution >= 4 is 26.2 Å². The summed E-state index contributed by atoms with van der Waals surface area (Å²) >= 11 is 2.91. The Morgan fingerprint density at radius 3 is 2.33 bits per heavy atom. The summed E-state index contributed by atoms with van der Waals surface area (Å²) in [6, 6.07) is 2.98. The Morgan fingerprint density at radius 2 is 1.92 bits per heavy atom. The van der Waals surface area contributed by atoms with E-state index in [-0.39, 0.29) is 0 Å². The van der Waals surface area contributed by atoms with Crippen LogP contribution >= 0.6 is 15.9 Å². The van der Waals surface area contributed by atoms with Gasteiger partial charge in [-0.2, -0.15) is 8.42 Å². The first-order chi connectivity index (χ1) is 5.41. The Bertz CT molecular complexity index is 402. The lowest BCUT2D eigenvalue weighted by Crippen LogP contribution is -1.95. The molecule has 0 N–H and O–H groups in total. The van der Waals surface area contributed by atoms with E-state index in [1.54, 1.807) is 0 Å². The van der Waals surface area contributed by atoms with Crippen molar-refractivity contribution < 1.29 is 16.7 Å². The third-order valence-corrected chi connectivity index (χ3v) is 2.51. The summed E-state index contributed by atoms with van der Waals surface area (Å²) in [5.41, 5.74) is 0. The van der Waals surface area contributed by atoms with Gasteiger partial charge in [-0.15, -0.1) is 3.89 Å². The molecular formula is C6H3BrF2O2S. The monoisotopic (exact) mass is 256 g/mol. The van der Waals surface area contributed by atoms with E-state index in [4.69, 9.17) is 0 Å². The lowest BCUT2D eigenvalue weighted by Gasteiger charge is -1.96. The minimum atomic E-state index is -4.95. The van der Waals surface area contributed by atoms with Crippen molar-refractivity contribution in [2.24, 2.45) is 0 Å². The normalized spacial score (nSPS) is 11.6. The minimum Gasteiger partial charge on any atom is -0.205 e. The smallest absolute Gasteiger partial charge is 0.205 e. The Hall–Kier alpha value is -0.490. The van der Waals surface area contributed by atoms with Crippen LogP contribution in [0.3, 0.4) is 0 Å². The third kappa shape index (κ3) is 2.01. The third-order valence-electron chi connectivity index (χ3n) is 1.16. The maximum atomic E-state index is 12.7. The topological polar surface area (TPSA) is 34.1 Å². The molecule has 0 spiro atoms. The van der Waals surface area contributed by atoms with Gasteiger partial charge in [0.2, 0.25) is 0 Å². The molecule has 0 aliphatic carbocycles. The standard InChI is InChI=1S/C6H3BrF2O2S/c7-4-1-2-6(5(8)3-4)12(9,10)11/h1-3H. The quantitative estimate of drug-likeness (QED) is 0.723. The van der Waals surface area contributed by atoms with Gasteiger partial charge in [-0.1, -0.05) is 15.9 Å². The zero-order valence-corrected chi connectivity index (χ0v) is 7.99. The SMILES string of the molecule is O=S(=O)(F)c1ccc(Br)cc1F. The molecule has 0 fully saturated rings. The predicted octanol–water partition coefficient (Wildman–Crippen LogP) is 2.25. The summed E-state index contributed by atoms with van der Waals surface area (Å²) in [6.07, 6.45) is 0. The molecule has 0 saturated heterocycles. The molecule has 0 heterocycles. The second kappa shape index (κ2) is 3.10. The Labute approximate surface area is 76.6 Å². The first kappa shape index (κ1) is 9.60. The van der Waals surface area contributed by atoms with Crippen molar-refractivity contribution in [1.82, 2.24) is 0 Å². The molecule has 0 aliphatic rings. The molecule has 0 bridgehead atoms. The van der Waals surface area contributed by atoms with Crippen LogP contribution in [0, 0.1) is 5.82 Å². The van der Waals surface area contributed by atoms with Crippen LogP contribution in [0.2, 0.25) is 0 Å². The van der Waals surface area contributed by atoms with Gasteiger partial charge in [0.1, 0.15) is 10.7 Å². The van der Waals surface area contributed by atoms with Crippen LogP contribution in [-0.4, -0.2) is 8.42 Å². The van der Waals surface area contributed by atoms with E-state index in [1.165, 1.54) is 6.07 Å². The molecule has 1 rings (SSSR count). The van der Waals surface area contributed by atoms with E-state index in [0.717, 1.165) is 12.1 Å². The van der Waals surface area contributed by atoms with Crippen molar-refractivity contribution in [3.8, 4) is 0 Å². The summed E-state index contributed by atoms with van der Waals surface area (Å²) in [7, 11) is -4.95. The van der Waals surface area contributed by atoms with Crippen molar-refractivity contribution in [2.45, 2.75) is 4.90 Å². The van der Waals surface area contributed by atoms with Gasteiger partial charge in [-0.3, -0.25) is 0 Å². The largest absolute Gasteiger partial charge is 0.335 e. The average Bonchev–Trinajstić information content (AvgIpc) is 1.83. The van der Waals surface area contributed by atoms with Gasteiger partial charge in [-0.25, -0.2) is 4.39 Å². The highest BCUT2D eigenvalue weighted by Crippen LogP contribution is 2.20. The second-order valence-corrected chi connectivity index (χ2v) is 4.24. The fourth-order valence-corrected chi connectivity index (χ4v) is 1.53. The van der Waals surface area contributed by atoms with Crippen LogP contribution in [-0.2, 0) is 10.2 Å². The number of halogens is 3. The van der Waals surface area contributed by atoms with Crippen LogP contribution in [0.15, 0.2) is 27.6 Å². The van der Waals surface area contributed by atoms with Gasteiger partial charge in [-0.05, 0) is 18.2 Å². The Balaban J connectivity index is 3.39. The number of benzene rings is 1. The van der Waals surface area contributed by atoms with Crippen LogP contribution in [0.25, 0.3) is 0 Å². The first-order valence-electron chi connectivity index (χ1n) is 2.81. The van der Waals surface area contributed by atoms with Gasteiger partial charge in [0.25, 0.3) is 0 Å². The molecule has 0 radical (unpaired) electrons. The highest BCUT2D eigenvalue weighted by Gasteiger charge is 2.17. The first-order valence-corrected chi connectivity index (χ1v) is 4.98. The summed E-state index contributed by atoms with van der Waals surface area (Å²) in [4.78, 5) is -0.939. The maximum absolute atomic E-state index is 12.7. The molecule has 0 amide bonds. The van der Waals surface area contributed by atoms with E-state index in [0.29, 0.717) is 4.47 Å². The molecule has 6 heteroatoms. The molecule has 0 saturated carbocycles. The Kier molecular flexibility index (Phi) is 2.48. The highest BCUT2D eigenvalue weighted by atomic mass is 79.9. The fraction of sp³-hybridized carbons (Fsp3) is 0. The molecule has 66 valence electrons. The van der Waals surface area contributed by atoms with Crippen LogP contribution in [0.4, 0.5) is 8.28 Å². The summed E-state index contributed by atoms with van der Waals surface area (Å²) in [6.45, 7) is 0. The van der Waals surface area contributed by atoms with Crippen molar-refractivity contribution in [3.05, 3.63) is 28.5 Å².